The van der Waals surface area contributed by atoms with Gasteiger partial charge in [0.2, 0.25) is 5.78 Å². The van der Waals surface area contributed by atoms with Crippen molar-refractivity contribution in [1.29, 1.82) is 0 Å². The maximum absolute atomic E-state index is 12.6. The van der Waals surface area contributed by atoms with E-state index < -0.39 is 17.9 Å². The number of esters is 3. The minimum absolute atomic E-state index is 0.168. The van der Waals surface area contributed by atoms with Crippen LogP contribution in [0.15, 0.2) is 24.3 Å². The minimum atomic E-state index is -0.610. The zero-order chi connectivity index (χ0) is 22.6. The number of nitrogens with zero attached hydrogens (tertiary/aromatic N) is 1. The summed E-state index contributed by atoms with van der Waals surface area (Å²) >= 11 is 0. The van der Waals surface area contributed by atoms with Gasteiger partial charge in [-0.2, -0.15) is 0 Å². The molecule has 0 N–H and O–H groups in total. The molecule has 2 rings (SSSR count). The molecule has 0 saturated heterocycles. The first-order valence-electron chi connectivity index (χ1n) is 9.31. The highest BCUT2D eigenvalue weighted by Crippen LogP contribution is 2.24. The number of methoxy groups -OCH3 is 2. The quantitative estimate of drug-likeness (QED) is 0.389. The zero-order valence-electron chi connectivity index (χ0n) is 17.9. The molecule has 160 valence electrons. The highest BCUT2D eigenvalue weighted by Gasteiger charge is 2.21. The third-order valence-corrected chi connectivity index (χ3v) is 4.57. The van der Waals surface area contributed by atoms with Crippen LogP contribution in [-0.2, 0) is 19.0 Å². The molecule has 1 aromatic heterocycles. The molecule has 8 heteroatoms. The second kappa shape index (κ2) is 9.39. The molecule has 0 aliphatic carbocycles. The molecule has 0 unspecified atom stereocenters. The van der Waals surface area contributed by atoms with Crippen LogP contribution in [0, 0.1) is 19.8 Å². The second-order valence-electron chi connectivity index (χ2n) is 7.06. The fraction of sp³-hybridized carbons (Fsp3) is 0.364. The van der Waals surface area contributed by atoms with Crippen molar-refractivity contribution in [2.24, 2.45) is 5.92 Å². The SMILES string of the molecule is COC(=O)c1cc(C(=O)OC)cc(-n2c(C)cc(C(=O)COC(=O)C(C)C)c2C)c1. The summed E-state index contributed by atoms with van der Waals surface area (Å²) in [5, 5.41) is 0. The lowest BCUT2D eigenvalue weighted by atomic mass is 10.1. The van der Waals surface area contributed by atoms with Gasteiger partial charge in [-0.3, -0.25) is 9.59 Å². The van der Waals surface area contributed by atoms with Crippen molar-refractivity contribution >= 4 is 23.7 Å². The molecular formula is C22H25NO7. The normalized spacial score (nSPS) is 10.6. The predicted octanol–water partition coefficient (Wildman–Crippen LogP) is 3.05. The Morgan fingerprint density at radius 1 is 0.900 bits per heavy atom. The number of benzene rings is 1. The largest absolute Gasteiger partial charge is 0.465 e. The van der Waals surface area contributed by atoms with Gasteiger partial charge in [0.25, 0.3) is 0 Å². The first kappa shape index (κ1) is 22.9. The van der Waals surface area contributed by atoms with Gasteiger partial charge in [0.15, 0.2) is 6.61 Å². The van der Waals surface area contributed by atoms with E-state index in [1.165, 1.54) is 20.3 Å². The monoisotopic (exact) mass is 415 g/mol. The average Bonchev–Trinajstić information content (AvgIpc) is 3.03. The number of carbonyl (C=O) groups is 4. The fourth-order valence-corrected chi connectivity index (χ4v) is 3.04. The minimum Gasteiger partial charge on any atom is -0.465 e. The van der Waals surface area contributed by atoms with E-state index in [2.05, 4.69) is 0 Å². The maximum Gasteiger partial charge on any atom is 0.337 e. The Kier molecular flexibility index (Phi) is 7.15. The van der Waals surface area contributed by atoms with Crippen LogP contribution in [0.1, 0.15) is 56.3 Å². The molecule has 1 heterocycles. The number of aromatic nitrogens is 1. The van der Waals surface area contributed by atoms with E-state index in [1.54, 1.807) is 50.5 Å². The Hall–Kier alpha value is -3.42. The van der Waals surface area contributed by atoms with E-state index >= 15 is 0 Å². The molecule has 0 saturated carbocycles. The molecule has 0 aliphatic heterocycles. The third-order valence-electron chi connectivity index (χ3n) is 4.57. The molecular weight excluding hydrogens is 390 g/mol. The summed E-state index contributed by atoms with van der Waals surface area (Å²) < 4.78 is 16.3. The van der Waals surface area contributed by atoms with Gasteiger partial charge in [-0.25, -0.2) is 9.59 Å². The Bertz CT molecular complexity index is 967. The second-order valence-corrected chi connectivity index (χ2v) is 7.06. The van der Waals surface area contributed by atoms with Crippen LogP contribution in [0.2, 0.25) is 0 Å². The smallest absolute Gasteiger partial charge is 0.337 e. The molecule has 8 nitrogen and oxygen atoms in total. The predicted molar refractivity (Wildman–Crippen MR) is 108 cm³/mol. The van der Waals surface area contributed by atoms with Gasteiger partial charge >= 0.3 is 17.9 Å². The highest BCUT2D eigenvalue weighted by molar-refractivity contribution is 6.00. The highest BCUT2D eigenvalue weighted by atomic mass is 16.5. The van der Waals surface area contributed by atoms with Crippen LogP contribution in [0.4, 0.5) is 0 Å². The van der Waals surface area contributed by atoms with Crippen LogP contribution in [0.5, 0.6) is 0 Å². The molecule has 0 radical (unpaired) electrons. The Morgan fingerprint density at radius 2 is 1.43 bits per heavy atom. The van der Waals surface area contributed by atoms with Crippen LogP contribution in [0.25, 0.3) is 5.69 Å². The number of aryl methyl sites for hydroxylation is 1. The van der Waals surface area contributed by atoms with Crippen molar-refractivity contribution < 1.29 is 33.4 Å². The summed E-state index contributed by atoms with van der Waals surface area (Å²) in [6, 6.07) is 6.17. The van der Waals surface area contributed by atoms with Crippen molar-refractivity contribution in [2.45, 2.75) is 27.7 Å². The third kappa shape index (κ3) is 4.76. The lowest BCUT2D eigenvalue weighted by Crippen LogP contribution is -2.18. The first-order valence-corrected chi connectivity index (χ1v) is 9.31. The van der Waals surface area contributed by atoms with Crippen LogP contribution < -0.4 is 0 Å². The Balaban J connectivity index is 2.49. The maximum atomic E-state index is 12.6. The number of hydrogen-bond acceptors (Lipinski definition) is 7. The van der Waals surface area contributed by atoms with Crippen LogP contribution >= 0.6 is 0 Å². The van der Waals surface area contributed by atoms with Gasteiger partial charge in [-0.1, -0.05) is 13.8 Å². The van der Waals surface area contributed by atoms with Crippen LogP contribution in [-0.4, -0.2) is 49.1 Å². The van der Waals surface area contributed by atoms with Gasteiger partial charge in [0.05, 0.1) is 31.3 Å². The fourth-order valence-electron chi connectivity index (χ4n) is 3.04. The van der Waals surface area contributed by atoms with Gasteiger partial charge in [-0.15, -0.1) is 0 Å². The molecule has 0 amide bonds. The number of ether oxygens (including phenoxy) is 3. The lowest BCUT2D eigenvalue weighted by molar-refractivity contribution is -0.146. The average molecular weight is 415 g/mol. The molecule has 1 aromatic carbocycles. The van der Waals surface area contributed by atoms with E-state index in [9.17, 15) is 19.2 Å². The molecule has 2 aromatic rings. The van der Waals surface area contributed by atoms with Gasteiger partial charge < -0.3 is 18.8 Å². The molecule has 30 heavy (non-hydrogen) atoms. The van der Waals surface area contributed by atoms with E-state index in [4.69, 9.17) is 14.2 Å². The Labute approximate surface area is 174 Å². The van der Waals surface area contributed by atoms with Crippen molar-refractivity contribution in [3.05, 3.63) is 52.3 Å². The van der Waals surface area contributed by atoms with Gasteiger partial charge in [0.1, 0.15) is 0 Å². The summed E-state index contributed by atoms with van der Waals surface area (Å²) in [7, 11) is 2.49. The standard InChI is InChI=1S/C22H25NO7/c1-12(2)20(25)30-11-19(24)18-7-13(3)23(14(18)4)17-9-15(21(26)28-5)8-16(10-17)22(27)29-6/h7-10,12H,11H2,1-6H3. The van der Waals surface area contributed by atoms with Crippen molar-refractivity contribution in [1.82, 2.24) is 4.57 Å². The molecule has 0 fully saturated rings. The summed E-state index contributed by atoms with van der Waals surface area (Å²) in [6.45, 7) is 6.52. The summed E-state index contributed by atoms with van der Waals surface area (Å²) in [5.41, 5.74) is 2.49. The number of hydrogen-bond donors (Lipinski definition) is 0. The molecule has 0 atom stereocenters. The van der Waals surface area contributed by atoms with Gasteiger partial charge in [0, 0.05) is 22.6 Å². The van der Waals surface area contributed by atoms with E-state index in [-0.39, 0.29) is 29.4 Å². The number of rotatable bonds is 7. The van der Waals surface area contributed by atoms with E-state index in [1.807, 2.05) is 0 Å². The molecule has 0 spiro atoms. The van der Waals surface area contributed by atoms with Gasteiger partial charge in [-0.05, 0) is 38.1 Å². The lowest BCUT2D eigenvalue weighted by Gasteiger charge is -2.13. The first-order chi connectivity index (χ1) is 14.1. The number of ketones is 1. The van der Waals surface area contributed by atoms with Crippen molar-refractivity contribution in [3.8, 4) is 5.69 Å². The summed E-state index contributed by atoms with van der Waals surface area (Å²) in [6.07, 6.45) is 0. The summed E-state index contributed by atoms with van der Waals surface area (Å²) in [5.74, 6) is -2.35. The van der Waals surface area contributed by atoms with Crippen LogP contribution in [0.3, 0.4) is 0 Å². The van der Waals surface area contributed by atoms with E-state index in [0.29, 0.717) is 22.6 Å². The molecule has 0 bridgehead atoms. The topological polar surface area (TPSA) is 101 Å². The van der Waals surface area contributed by atoms with Crippen molar-refractivity contribution in [2.75, 3.05) is 20.8 Å². The number of Topliss-reactive ketones (excluding diaryl/α,β-unsaturated/α-hetero) is 1. The molecule has 0 aliphatic rings. The zero-order valence-corrected chi connectivity index (χ0v) is 17.9. The van der Waals surface area contributed by atoms with Crippen molar-refractivity contribution in [3.63, 3.8) is 0 Å². The number of carbonyl (C=O) groups excluding carboxylic acids is 4. The van der Waals surface area contributed by atoms with E-state index in [0.717, 1.165) is 0 Å². The Morgan fingerprint density at radius 3 is 1.90 bits per heavy atom. The summed E-state index contributed by atoms with van der Waals surface area (Å²) in [4.78, 5) is 48.4.